The quantitative estimate of drug-likeness (QED) is 0.286. The number of hydrogen-bond donors (Lipinski definition) is 1. The number of thioether (sulfide) groups is 1. The third-order valence-corrected chi connectivity index (χ3v) is 6.72. The molecule has 0 radical (unpaired) electrons. The Morgan fingerprint density at radius 1 is 1.19 bits per heavy atom. The van der Waals surface area contributed by atoms with Crippen molar-refractivity contribution in [2.24, 2.45) is 0 Å². The highest BCUT2D eigenvalue weighted by atomic mass is 35.5. The Morgan fingerprint density at radius 2 is 2.03 bits per heavy atom. The highest BCUT2D eigenvalue weighted by molar-refractivity contribution is 8.00. The Kier molecular flexibility index (Phi) is 5.31. The first kappa shape index (κ1) is 19.9. The lowest BCUT2D eigenvalue weighted by molar-refractivity contribution is -0.113. The van der Waals surface area contributed by atoms with Gasteiger partial charge in [-0.1, -0.05) is 40.8 Å². The summed E-state index contributed by atoms with van der Waals surface area (Å²) in [5.74, 6) is 0.0605. The van der Waals surface area contributed by atoms with Crippen molar-refractivity contribution in [3.05, 3.63) is 65.6 Å². The van der Waals surface area contributed by atoms with E-state index in [-0.39, 0.29) is 11.7 Å². The van der Waals surface area contributed by atoms with Crippen LogP contribution in [0.3, 0.4) is 0 Å². The zero-order valence-corrected chi connectivity index (χ0v) is 18.6. The van der Waals surface area contributed by atoms with Crippen LogP contribution in [0.25, 0.3) is 26.9 Å². The lowest BCUT2D eigenvalue weighted by Gasteiger charge is -2.04. The van der Waals surface area contributed by atoms with Crippen molar-refractivity contribution < 1.29 is 4.79 Å². The van der Waals surface area contributed by atoms with Gasteiger partial charge < -0.3 is 5.32 Å². The van der Waals surface area contributed by atoms with E-state index in [4.69, 9.17) is 11.6 Å². The van der Waals surface area contributed by atoms with E-state index >= 15 is 0 Å². The molecule has 0 aliphatic carbocycles. The van der Waals surface area contributed by atoms with E-state index in [2.05, 4.69) is 31.4 Å². The van der Waals surface area contributed by atoms with Crippen LogP contribution < -0.4 is 5.32 Å². The van der Waals surface area contributed by atoms with Crippen LogP contribution in [0.15, 0.2) is 60.0 Å². The molecule has 7 nitrogen and oxygen atoms in total. The number of nitrogens with one attached hydrogen (secondary N) is 1. The Bertz CT molecular complexity index is 1410. The summed E-state index contributed by atoms with van der Waals surface area (Å²) in [4.78, 5) is 25.6. The van der Waals surface area contributed by atoms with Gasteiger partial charge in [-0.25, -0.2) is 19.6 Å². The van der Waals surface area contributed by atoms with Crippen LogP contribution >= 0.6 is 34.7 Å². The summed E-state index contributed by atoms with van der Waals surface area (Å²) in [5, 5.41) is 10.0. The highest BCUT2D eigenvalue weighted by Crippen LogP contribution is 2.28. The van der Waals surface area contributed by atoms with Crippen molar-refractivity contribution in [3.8, 4) is 5.69 Å². The molecular weight excluding hydrogens is 452 g/mol. The first-order chi connectivity index (χ1) is 15.1. The first-order valence-corrected chi connectivity index (χ1v) is 11.5. The van der Waals surface area contributed by atoms with Crippen LogP contribution in [0.5, 0.6) is 0 Å². The molecule has 0 unspecified atom stereocenters. The van der Waals surface area contributed by atoms with E-state index in [1.54, 1.807) is 23.0 Å². The second-order valence-corrected chi connectivity index (χ2v) is 9.21. The molecule has 0 aliphatic rings. The van der Waals surface area contributed by atoms with E-state index in [9.17, 15) is 4.79 Å². The molecule has 31 heavy (non-hydrogen) atoms. The first-order valence-electron chi connectivity index (χ1n) is 9.31. The normalized spacial score (nSPS) is 11.3. The number of carbonyl (C=O) groups excluding carboxylic acids is 1. The molecule has 0 saturated carbocycles. The number of aromatic nitrogens is 5. The van der Waals surface area contributed by atoms with Crippen LogP contribution in [0.1, 0.15) is 5.56 Å². The number of benzene rings is 2. The fourth-order valence-electron chi connectivity index (χ4n) is 3.08. The van der Waals surface area contributed by atoms with Gasteiger partial charge in [0.25, 0.3) is 0 Å². The molecule has 1 amide bonds. The summed E-state index contributed by atoms with van der Waals surface area (Å²) in [6.07, 6.45) is 3.19. The largest absolute Gasteiger partial charge is 0.301 e. The smallest absolute Gasteiger partial charge is 0.236 e. The van der Waals surface area contributed by atoms with E-state index in [0.717, 1.165) is 26.9 Å². The number of fused-ring (bicyclic) bond motifs is 2. The standard InChI is InChI=1S/C21H15ClN6OS2/c1-12-2-7-16-17(8-12)31-21(26-16)27-18(29)10-30-20-15-9-25-28(19(15)23-11-24-20)14-5-3-13(22)4-6-14/h2-9,11H,10H2,1H3,(H,26,27,29). The number of nitrogens with zero attached hydrogens (tertiary/aromatic N) is 5. The molecular formula is C21H15ClN6OS2. The third kappa shape index (κ3) is 4.12. The summed E-state index contributed by atoms with van der Waals surface area (Å²) < 4.78 is 2.77. The minimum absolute atomic E-state index is 0.141. The molecule has 154 valence electrons. The van der Waals surface area contributed by atoms with Gasteiger partial charge in [0.2, 0.25) is 5.91 Å². The summed E-state index contributed by atoms with van der Waals surface area (Å²) in [7, 11) is 0. The van der Waals surface area contributed by atoms with Crippen LogP contribution in [-0.2, 0) is 4.79 Å². The van der Waals surface area contributed by atoms with E-state index in [1.165, 1.54) is 29.4 Å². The third-order valence-electron chi connectivity index (χ3n) is 4.53. The van der Waals surface area contributed by atoms with Crippen molar-refractivity contribution in [1.82, 2.24) is 24.7 Å². The van der Waals surface area contributed by atoms with Gasteiger partial charge in [-0.15, -0.1) is 0 Å². The lowest BCUT2D eigenvalue weighted by atomic mass is 10.2. The average Bonchev–Trinajstić information content (AvgIpc) is 3.36. The van der Waals surface area contributed by atoms with Crippen molar-refractivity contribution in [3.63, 3.8) is 0 Å². The van der Waals surface area contributed by atoms with Crippen molar-refractivity contribution in [1.29, 1.82) is 0 Å². The highest BCUT2D eigenvalue weighted by Gasteiger charge is 2.14. The Labute approximate surface area is 190 Å². The molecule has 5 rings (SSSR count). The number of amides is 1. The molecule has 5 aromatic rings. The van der Waals surface area contributed by atoms with E-state index < -0.39 is 0 Å². The van der Waals surface area contributed by atoms with Crippen LogP contribution in [-0.4, -0.2) is 36.4 Å². The van der Waals surface area contributed by atoms with Gasteiger partial charge in [0, 0.05) is 5.02 Å². The lowest BCUT2D eigenvalue weighted by Crippen LogP contribution is -2.13. The predicted octanol–water partition coefficient (Wildman–Crippen LogP) is 5.12. The molecule has 0 aliphatic heterocycles. The average molecular weight is 467 g/mol. The van der Waals surface area contributed by atoms with Gasteiger partial charge >= 0.3 is 0 Å². The number of hydrogen-bond acceptors (Lipinski definition) is 7. The minimum Gasteiger partial charge on any atom is -0.301 e. The summed E-state index contributed by atoms with van der Waals surface area (Å²) in [6, 6.07) is 13.4. The van der Waals surface area contributed by atoms with Gasteiger partial charge in [0.05, 0.1) is 33.2 Å². The monoisotopic (exact) mass is 466 g/mol. The van der Waals surface area contributed by atoms with Gasteiger partial charge in [-0.2, -0.15) is 5.10 Å². The van der Waals surface area contributed by atoms with Crippen molar-refractivity contribution >= 4 is 67.0 Å². The number of anilines is 1. The number of halogens is 1. The van der Waals surface area contributed by atoms with E-state index in [1.807, 2.05) is 31.2 Å². The molecule has 0 fully saturated rings. The molecule has 0 saturated heterocycles. The van der Waals surface area contributed by atoms with Gasteiger partial charge in [-0.05, 0) is 48.9 Å². The Balaban J connectivity index is 1.32. The summed E-state index contributed by atoms with van der Waals surface area (Å²) >= 11 is 8.78. The van der Waals surface area contributed by atoms with Gasteiger partial charge in [-0.3, -0.25) is 4.79 Å². The second kappa shape index (κ2) is 8.26. The maximum atomic E-state index is 12.5. The molecule has 0 spiro atoms. The molecule has 0 bridgehead atoms. The predicted molar refractivity (Wildman–Crippen MR) is 125 cm³/mol. The summed E-state index contributed by atoms with van der Waals surface area (Å²) in [6.45, 7) is 2.03. The Hall–Kier alpha value is -3.01. The summed E-state index contributed by atoms with van der Waals surface area (Å²) in [5.41, 5.74) is 3.56. The maximum Gasteiger partial charge on any atom is 0.236 e. The van der Waals surface area contributed by atoms with Crippen molar-refractivity contribution in [2.45, 2.75) is 11.9 Å². The molecule has 3 heterocycles. The molecule has 3 aromatic heterocycles. The SMILES string of the molecule is Cc1ccc2nc(NC(=O)CSc3ncnc4c3cnn4-c3ccc(Cl)cc3)sc2c1. The maximum absolute atomic E-state index is 12.5. The number of thiazole rings is 1. The second-order valence-electron chi connectivity index (χ2n) is 6.78. The van der Waals surface area contributed by atoms with Crippen molar-refractivity contribution in [2.75, 3.05) is 11.1 Å². The molecule has 10 heteroatoms. The van der Waals surface area contributed by atoms with E-state index in [0.29, 0.717) is 20.8 Å². The van der Waals surface area contributed by atoms with Crippen LogP contribution in [0.2, 0.25) is 5.02 Å². The number of carbonyl (C=O) groups is 1. The number of aryl methyl sites for hydroxylation is 1. The fourth-order valence-corrected chi connectivity index (χ4v) is 4.95. The fraction of sp³-hybridized carbons (Fsp3) is 0.0952. The van der Waals surface area contributed by atoms with Gasteiger partial charge in [0.15, 0.2) is 10.8 Å². The zero-order chi connectivity index (χ0) is 21.4. The Morgan fingerprint density at radius 3 is 2.87 bits per heavy atom. The molecule has 1 N–H and O–H groups in total. The zero-order valence-electron chi connectivity index (χ0n) is 16.2. The molecule has 0 atom stereocenters. The number of rotatable bonds is 5. The van der Waals surface area contributed by atoms with Gasteiger partial charge in [0.1, 0.15) is 11.4 Å². The van der Waals surface area contributed by atoms with Crippen LogP contribution in [0.4, 0.5) is 5.13 Å². The van der Waals surface area contributed by atoms with Crippen LogP contribution in [0, 0.1) is 6.92 Å². The minimum atomic E-state index is -0.141. The molecule has 2 aromatic carbocycles. The topological polar surface area (TPSA) is 85.6 Å².